The molecule has 1 fully saturated rings. The lowest BCUT2D eigenvalue weighted by Gasteiger charge is -2.16. The first-order chi connectivity index (χ1) is 12.6. The van der Waals surface area contributed by atoms with Crippen LogP contribution in [0.5, 0.6) is 5.75 Å². The molecular weight excluding hydrogens is 328 g/mol. The molecule has 5 heteroatoms. The normalized spacial score (nSPS) is 14.4. The molecule has 0 spiro atoms. The molecular formula is C21H24N2O3. The highest BCUT2D eigenvalue weighted by Gasteiger charge is 2.29. The smallest absolute Gasteiger partial charge is 0.255 e. The SMILES string of the molecule is CCOc1ccccc1C(=O)NC(C)c1ccc(NC(=O)C2CC2)cc1. The number of carbonyl (C=O) groups is 2. The largest absolute Gasteiger partial charge is 0.493 e. The van der Waals surface area contributed by atoms with Gasteiger partial charge in [0.25, 0.3) is 5.91 Å². The van der Waals surface area contributed by atoms with Crippen molar-refractivity contribution in [1.82, 2.24) is 5.32 Å². The molecule has 136 valence electrons. The number of hydrogen-bond acceptors (Lipinski definition) is 3. The summed E-state index contributed by atoms with van der Waals surface area (Å²) in [5.41, 5.74) is 2.28. The van der Waals surface area contributed by atoms with Crippen molar-refractivity contribution >= 4 is 17.5 Å². The standard InChI is InChI=1S/C21H24N2O3/c1-3-26-19-7-5-4-6-18(19)21(25)22-14(2)15-10-12-17(13-11-15)23-20(24)16-8-9-16/h4-7,10-14,16H,3,8-9H2,1-2H3,(H,22,25)(H,23,24). The van der Waals surface area contributed by atoms with Gasteiger partial charge in [0.15, 0.2) is 0 Å². The molecule has 2 amide bonds. The number of ether oxygens (including phenoxy) is 1. The van der Waals surface area contributed by atoms with E-state index in [4.69, 9.17) is 4.74 Å². The van der Waals surface area contributed by atoms with E-state index >= 15 is 0 Å². The lowest BCUT2D eigenvalue weighted by atomic mass is 10.1. The number of para-hydroxylation sites is 1. The van der Waals surface area contributed by atoms with Crippen molar-refractivity contribution in [3.8, 4) is 5.75 Å². The summed E-state index contributed by atoms with van der Waals surface area (Å²) in [7, 11) is 0. The Hall–Kier alpha value is -2.82. The fraction of sp³-hybridized carbons (Fsp3) is 0.333. The molecule has 1 atom stereocenters. The second-order valence-electron chi connectivity index (χ2n) is 6.51. The van der Waals surface area contributed by atoms with E-state index in [0.29, 0.717) is 17.9 Å². The van der Waals surface area contributed by atoms with E-state index in [1.54, 1.807) is 12.1 Å². The number of anilines is 1. The highest BCUT2D eigenvalue weighted by atomic mass is 16.5. The molecule has 26 heavy (non-hydrogen) atoms. The van der Waals surface area contributed by atoms with Gasteiger partial charge >= 0.3 is 0 Å². The average Bonchev–Trinajstić information content (AvgIpc) is 3.48. The van der Waals surface area contributed by atoms with Gasteiger partial charge in [-0.2, -0.15) is 0 Å². The van der Waals surface area contributed by atoms with Crippen molar-refractivity contribution in [1.29, 1.82) is 0 Å². The third kappa shape index (κ3) is 4.42. The summed E-state index contributed by atoms with van der Waals surface area (Å²) in [5.74, 6) is 0.676. The molecule has 0 bridgehead atoms. The molecule has 0 heterocycles. The van der Waals surface area contributed by atoms with Gasteiger partial charge in [-0.15, -0.1) is 0 Å². The first-order valence-corrected chi connectivity index (χ1v) is 9.02. The van der Waals surface area contributed by atoms with Crippen LogP contribution in [-0.4, -0.2) is 18.4 Å². The number of benzene rings is 2. The quantitative estimate of drug-likeness (QED) is 0.793. The zero-order chi connectivity index (χ0) is 18.5. The molecule has 1 saturated carbocycles. The van der Waals surface area contributed by atoms with Crippen LogP contribution in [0.15, 0.2) is 48.5 Å². The van der Waals surface area contributed by atoms with E-state index < -0.39 is 0 Å². The van der Waals surface area contributed by atoms with Crippen molar-refractivity contribution in [2.45, 2.75) is 32.7 Å². The summed E-state index contributed by atoms with van der Waals surface area (Å²) < 4.78 is 5.52. The van der Waals surface area contributed by atoms with Crippen LogP contribution in [0.25, 0.3) is 0 Å². The highest BCUT2D eigenvalue weighted by molar-refractivity contribution is 5.97. The molecule has 1 aliphatic carbocycles. The van der Waals surface area contributed by atoms with E-state index in [9.17, 15) is 9.59 Å². The maximum atomic E-state index is 12.6. The van der Waals surface area contributed by atoms with Gasteiger partial charge in [-0.3, -0.25) is 9.59 Å². The Morgan fingerprint density at radius 3 is 2.46 bits per heavy atom. The van der Waals surface area contributed by atoms with Crippen LogP contribution in [0.2, 0.25) is 0 Å². The lowest BCUT2D eigenvalue weighted by molar-refractivity contribution is -0.117. The van der Waals surface area contributed by atoms with Gasteiger partial charge in [-0.05, 0) is 56.5 Å². The number of nitrogens with one attached hydrogen (secondary N) is 2. The van der Waals surface area contributed by atoms with E-state index in [0.717, 1.165) is 24.1 Å². The molecule has 0 aliphatic heterocycles. The minimum Gasteiger partial charge on any atom is -0.493 e. The van der Waals surface area contributed by atoms with Crippen molar-refractivity contribution in [2.75, 3.05) is 11.9 Å². The topological polar surface area (TPSA) is 67.4 Å². The zero-order valence-electron chi connectivity index (χ0n) is 15.1. The number of rotatable bonds is 7. The fourth-order valence-electron chi connectivity index (χ4n) is 2.74. The van der Waals surface area contributed by atoms with Gasteiger partial charge in [0, 0.05) is 11.6 Å². The number of hydrogen-bond donors (Lipinski definition) is 2. The Morgan fingerprint density at radius 1 is 1.12 bits per heavy atom. The molecule has 2 N–H and O–H groups in total. The predicted molar refractivity (Wildman–Crippen MR) is 101 cm³/mol. The fourth-order valence-corrected chi connectivity index (χ4v) is 2.74. The Bertz CT molecular complexity index is 782. The van der Waals surface area contributed by atoms with E-state index in [2.05, 4.69) is 10.6 Å². The van der Waals surface area contributed by atoms with Crippen LogP contribution in [0.3, 0.4) is 0 Å². The molecule has 1 unspecified atom stereocenters. The first-order valence-electron chi connectivity index (χ1n) is 9.02. The summed E-state index contributed by atoms with van der Waals surface area (Å²) in [6, 6.07) is 14.6. The van der Waals surface area contributed by atoms with Gasteiger partial charge in [-0.25, -0.2) is 0 Å². The van der Waals surface area contributed by atoms with Crippen molar-refractivity contribution in [3.63, 3.8) is 0 Å². The summed E-state index contributed by atoms with van der Waals surface area (Å²) in [6.07, 6.45) is 1.96. The van der Waals surface area contributed by atoms with Crippen LogP contribution < -0.4 is 15.4 Å². The molecule has 0 saturated heterocycles. The molecule has 3 rings (SSSR count). The monoisotopic (exact) mass is 352 g/mol. The third-order valence-corrected chi connectivity index (χ3v) is 4.41. The van der Waals surface area contributed by atoms with Gasteiger partial charge in [0.05, 0.1) is 18.2 Å². The molecule has 5 nitrogen and oxygen atoms in total. The summed E-state index contributed by atoms with van der Waals surface area (Å²) >= 11 is 0. The second-order valence-corrected chi connectivity index (χ2v) is 6.51. The Kier molecular flexibility index (Phi) is 5.56. The first kappa shape index (κ1) is 18.0. The second kappa shape index (κ2) is 8.04. The van der Waals surface area contributed by atoms with Gasteiger partial charge in [0.1, 0.15) is 5.75 Å². The highest BCUT2D eigenvalue weighted by Crippen LogP contribution is 2.30. The van der Waals surface area contributed by atoms with Crippen LogP contribution in [0, 0.1) is 5.92 Å². The maximum Gasteiger partial charge on any atom is 0.255 e. The Morgan fingerprint density at radius 2 is 1.81 bits per heavy atom. The summed E-state index contributed by atoms with van der Waals surface area (Å²) in [5, 5.41) is 5.91. The summed E-state index contributed by atoms with van der Waals surface area (Å²) in [6.45, 7) is 4.33. The molecule has 0 radical (unpaired) electrons. The Labute approximate surface area is 153 Å². The van der Waals surface area contributed by atoms with Crippen molar-refractivity contribution in [2.24, 2.45) is 5.92 Å². The van der Waals surface area contributed by atoms with Crippen LogP contribution in [-0.2, 0) is 4.79 Å². The van der Waals surface area contributed by atoms with E-state index in [-0.39, 0.29) is 23.8 Å². The van der Waals surface area contributed by atoms with Gasteiger partial charge < -0.3 is 15.4 Å². The van der Waals surface area contributed by atoms with Crippen LogP contribution in [0.1, 0.15) is 48.7 Å². The maximum absolute atomic E-state index is 12.6. The lowest BCUT2D eigenvalue weighted by Crippen LogP contribution is -2.27. The predicted octanol–water partition coefficient (Wildman–Crippen LogP) is 3.92. The van der Waals surface area contributed by atoms with Gasteiger partial charge in [0.2, 0.25) is 5.91 Å². The number of carbonyl (C=O) groups excluding carboxylic acids is 2. The van der Waals surface area contributed by atoms with Crippen molar-refractivity contribution in [3.05, 3.63) is 59.7 Å². The molecule has 0 aromatic heterocycles. The van der Waals surface area contributed by atoms with Crippen molar-refractivity contribution < 1.29 is 14.3 Å². The molecule has 2 aromatic carbocycles. The van der Waals surface area contributed by atoms with Gasteiger partial charge in [-0.1, -0.05) is 24.3 Å². The number of amides is 2. The van der Waals surface area contributed by atoms with E-state index in [1.165, 1.54) is 0 Å². The summed E-state index contributed by atoms with van der Waals surface area (Å²) in [4.78, 5) is 24.4. The average molecular weight is 352 g/mol. The molecule has 1 aliphatic rings. The van der Waals surface area contributed by atoms with Crippen LogP contribution >= 0.6 is 0 Å². The Balaban J connectivity index is 1.63. The zero-order valence-corrected chi connectivity index (χ0v) is 15.1. The molecule has 2 aromatic rings. The minimum atomic E-state index is -0.173. The minimum absolute atomic E-state index is 0.0895. The van der Waals surface area contributed by atoms with E-state index in [1.807, 2.05) is 50.2 Å². The van der Waals surface area contributed by atoms with Crippen LogP contribution in [0.4, 0.5) is 5.69 Å². The third-order valence-electron chi connectivity index (χ3n) is 4.41.